The minimum absolute atomic E-state index is 0.0929. The van der Waals surface area contributed by atoms with Gasteiger partial charge in [-0.15, -0.1) is 0 Å². The van der Waals surface area contributed by atoms with Crippen LogP contribution >= 0.6 is 0 Å². The van der Waals surface area contributed by atoms with E-state index in [4.69, 9.17) is 0 Å². The Hall–Kier alpha value is -1.56. The normalized spacial score (nSPS) is 23.1. The molecule has 0 aliphatic carbocycles. The van der Waals surface area contributed by atoms with Gasteiger partial charge in [-0.3, -0.25) is 4.79 Å². The lowest BCUT2D eigenvalue weighted by Gasteiger charge is -2.25. The molecule has 1 aliphatic rings. The van der Waals surface area contributed by atoms with Crippen LogP contribution in [0.2, 0.25) is 0 Å². The van der Waals surface area contributed by atoms with E-state index in [0.717, 1.165) is 16.9 Å². The Balaban J connectivity index is 2.11. The highest BCUT2D eigenvalue weighted by Gasteiger charge is 2.57. The highest BCUT2D eigenvalue weighted by molar-refractivity contribution is 5.94. The van der Waals surface area contributed by atoms with Gasteiger partial charge in [0.25, 0.3) is 5.91 Å². The van der Waals surface area contributed by atoms with Crippen LogP contribution < -0.4 is 0 Å². The molecule has 1 fully saturated rings. The summed E-state index contributed by atoms with van der Waals surface area (Å²) < 4.78 is 38.1. The first-order valence-electron chi connectivity index (χ1n) is 6.44. The predicted molar refractivity (Wildman–Crippen MR) is 67.3 cm³/mol. The molecule has 1 heterocycles. The maximum atomic E-state index is 12.7. The quantitative estimate of drug-likeness (QED) is 0.907. The van der Waals surface area contributed by atoms with Crippen LogP contribution in [0, 0.1) is 0 Å². The van der Waals surface area contributed by atoms with E-state index in [0.29, 0.717) is 5.56 Å². The molecule has 3 nitrogen and oxygen atoms in total. The molecule has 110 valence electrons. The molecule has 1 atom stereocenters. The molecule has 6 heteroatoms. The molecule has 20 heavy (non-hydrogen) atoms. The van der Waals surface area contributed by atoms with Crippen LogP contribution in [-0.4, -0.2) is 40.8 Å². The molecule has 0 spiro atoms. The highest BCUT2D eigenvalue weighted by Crippen LogP contribution is 2.37. The van der Waals surface area contributed by atoms with E-state index in [1.54, 1.807) is 24.3 Å². The van der Waals surface area contributed by atoms with Crippen molar-refractivity contribution in [2.24, 2.45) is 0 Å². The topological polar surface area (TPSA) is 40.5 Å². The molecule has 0 radical (unpaired) electrons. The molecule has 1 saturated heterocycles. The van der Waals surface area contributed by atoms with Crippen LogP contribution in [0.25, 0.3) is 0 Å². The summed E-state index contributed by atoms with van der Waals surface area (Å²) in [5.74, 6) is -0.479. The molecule has 1 N–H and O–H groups in total. The number of aryl methyl sites for hydroxylation is 1. The number of halogens is 3. The van der Waals surface area contributed by atoms with Crippen LogP contribution in [0.15, 0.2) is 24.3 Å². The molecule has 1 amide bonds. The number of amides is 1. The molecule has 0 bridgehead atoms. The van der Waals surface area contributed by atoms with Crippen LogP contribution in [-0.2, 0) is 6.42 Å². The molecule has 0 saturated carbocycles. The molecule has 1 aromatic carbocycles. The van der Waals surface area contributed by atoms with Crippen molar-refractivity contribution in [3.63, 3.8) is 0 Å². The largest absolute Gasteiger partial charge is 0.419 e. The number of aliphatic hydroxyl groups is 1. The zero-order chi connectivity index (χ0) is 15.0. The van der Waals surface area contributed by atoms with Gasteiger partial charge in [0.15, 0.2) is 5.60 Å². The van der Waals surface area contributed by atoms with E-state index in [1.807, 2.05) is 6.92 Å². The average Bonchev–Trinajstić information content (AvgIpc) is 2.82. The van der Waals surface area contributed by atoms with Crippen LogP contribution in [0.5, 0.6) is 0 Å². The van der Waals surface area contributed by atoms with Crippen molar-refractivity contribution in [2.45, 2.75) is 31.5 Å². The van der Waals surface area contributed by atoms with Gasteiger partial charge in [-0.25, -0.2) is 0 Å². The summed E-state index contributed by atoms with van der Waals surface area (Å²) in [5, 5.41) is 9.56. The van der Waals surface area contributed by atoms with Crippen molar-refractivity contribution >= 4 is 5.91 Å². The lowest BCUT2D eigenvalue weighted by atomic mass is 10.0. The molecule has 2 rings (SSSR count). The smallest absolute Gasteiger partial charge is 0.379 e. The summed E-state index contributed by atoms with van der Waals surface area (Å²) in [4.78, 5) is 13.2. The average molecular weight is 287 g/mol. The summed E-state index contributed by atoms with van der Waals surface area (Å²) in [6, 6.07) is 6.76. The fourth-order valence-corrected chi connectivity index (χ4v) is 2.26. The van der Waals surface area contributed by atoms with Gasteiger partial charge in [0.2, 0.25) is 0 Å². The Bertz CT molecular complexity index is 498. The number of hydrogen-bond donors (Lipinski definition) is 1. The van der Waals surface area contributed by atoms with E-state index in [-0.39, 0.29) is 6.54 Å². The monoisotopic (exact) mass is 287 g/mol. The van der Waals surface area contributed by atoms with Crippen molar-refractivity contribution in [3.05, 3.63) is 35.4 Å². The van der Waals surface area contributed by atoms with E-state index in [1.165, 1.54) is 0 Å². The van der Waals surface area contributed by atoms with Crippen molar-refractivity contribution in [1.29, 1.82) is 0 Å². The number of likely N-dealkylation sites (tertiary alicyclic amines) is 1. The molecular formula is C14H16F3NO2. The second-order valence-corrected chi connectivity index (χ2v) is 5.06. The second-order valence-electron chi connectivity index (χ2n) is 5.06. The van der Waals surface area contributed by atoms with Gasteiger partial charge in [-0.2, -0.15) is 13.2 Å². The summed E-state index contributed by atoms with van der Waals surface area (Å²) in [7, 11) is 0. The van der Waals surface area contributed by atoms with Crippen molar-refractivity contribution in [3.8, 4) is 0 Å². The van der Waals surface area contributed by atoms with Crippen LogP contribution in [0.3, 0.4) is 0 Å². The zero-order valence-electron chi connectivity index (χ0n) is 11.1. The third-order valence-electron chi connectivity index (χ3n) is 3.67. The van der Waals surface area contributed by atoms with Gasteiger partial charge >= 0.3 is 6.18 Å². The van der Waals surface area contributed by atoms with Crippen molar-refractivity contribution in [1.82, 2.24) is 4.90 Å². The number of nitrogens with zero attached hydrogens (tertiary/aromatic N) is 1. The van der Waals surface area contributed by atoms with Gasteiger partial charge in [-0.05, 0) is 24.1 Å². The first kappa shape index (κ1) is 14.8. The number of hydrogen-bond acceptors (Lipinski definition) is 2. The Morgan fingerprint density at radius 2 is 1.95 bits per heavy atom. The number of carbonyl (C=O) groups is 1. The van der Waals surface area contributed by atoms with E-state index in [9.17, 15) is 23.1 Å². The summed E-state index contributed by atoms with van der Waals surface area (Å²) in [6.45, 7) is 1.18. The second kappa shape index (κ2) is 5.09. The molecule has 1 aliphatic heterocycles. The third-order valence-corrected chi connectivity index (χ3v) is 3.67. The van der Waals surface area contributed by atoms with Crippen molar-refractivity contribution in [2.75, 3.05) is 13.1 Å². The molecule has 0 aromatic heterocycles. The summed E-state index contributed by atoms with van der Waals surface area (Å²) in [5.41, 5.74) is -1.39. The highest BCUT2D eigenvalue weighted by atomic mass is 19.4. The minimum atomic E-state index is -4.71. The molecule has 0 unspecified atom stereocenters. The first-order chi connectivity index (χ1) is 9.27. The standard InChI is InChI=1S/C14H16F3NO2/c1-2-10-3-5-11(6-4-10)12(19)18-8-7-13(20,9-18)14(15,16)17/h3-6,20H,2,7-9H2,1H3/t13-/m1/s1. The van der Waals surface area contributed by atoms with Gasteiger partial charge in [0, 0.05) is 18.5 Å². The summed E-state index contributed by atoms with van der Waals surface area (Å²) in [6.07, 6.45) is -4.37. The zero-order valence-corrected chi connectivity index (χ0v) is 11.1. The predicted octanol–water partition coefficient (Wildman–Crippen LogP) is 2.39. The fourth-order valence-electron chi connectivity index (χ4n) is 2.26. The Morgan fingerprint density at radius 1 is 1.35 bits per heavy atom. The van der Waals surface area contributed by atoms with Gasteiger partial charge in [-0.1, -0.05) is 19.1 Å². The van der Waals surface area contributed by atoms with E-state index < -0.39 is 30.7 Å². The SMILES string of the molecule is CCc1ccc(C(=O)N2CC[C@](O)(C(F)(F)F)C2)cc1. The van der Waals surface area contributed by atoms with E-state index in [2.05, 4.69) is 0 Å². The fraction of sp³-hybridized carbons (Fsp3) is 0.500. The Morgan fingerprint density at radius 3 is 2.40 bits per heavy atom. The van der Waals surface area contributed by atoms with Gasteiger partial charge < -0.3 is 10.0 Å². The number of β-amino-alcohol motifs (C(OH)–C–C–N with tert-alkyl or cyclic N) is 1. The maximum Gasteiger partial charge on any atom is 0.419 e. The lowest BCUT2D eigenvalue weighted by Crippen LogP contribution is -2.48. The van der Waals surface area contributed by atoms with E-state index >= 15 is 0 Å². The molecule has 1 aromatic rings. The minimum Gasteiger partial charge on any atom is -0.379 e. The van der Waals surface area contributed by atoms with Gasteiger partial charge in [0.05, 0.1) is 6.54 Å². The number of alkyl halides is 3. The third kappa shape index (κ3) is 2.65. The van der Waals surface area contributed by atoms with Crippen LogP contribution in [0.1, 0.15) is 29.3 Å². The number of rotatable bonds is 2. The number of benzene rings is 1. The number of carbonyl (C=O) groups excluding carboxylic acids is 1. The lowest BCUT2D eigenvalue weighted by molar-refractivity contribution is -0.253. The van der Waals surface area contributed by atoms with Crippen LogP contribution in [0.4, 0.5) is 13.2 Å². The summed E-state index contributed by atoms with van der Waals surface area (Å²) >= 11 is 0. The van der Waals surface area contributed by atoms with Crippen molar-refractivity contribution < 1.29 is 23.1 Å². The molecular weight excluding hydrogens is 271 g/mol. The maximum absolute atomic E-state index is 12.7. The Labute approximate surface area is 115 Å². The first-order valence-corrected chi connectivity index (χ1v) is 6.44. The Kier molecular flexibility index (Phi) is 3.77. The van der Waals surface area contributed by atoms with Gasteiger partial charge in [0.1, 0.15) is 0 Å².